The first-order chi connectivity index (χ1) is 13.7. The quantitative estimate of drug-likeness (QED) is 0.534. The smallest absolute Gasteiger partial charge is 0.419 e. The molecule has 0 radical (unpaired) electrons. The lowest BCUT2D eigenvalue weighted by molar-refractivity contribution is 0.0423. The number of hydrogen-bond donors (Lipinski definition) is 0. The maximum absolute atomic E-state index is 13.4. The number of allylic oxidation sites excluding steroid dienone is 3. The zero-order valence-corrected chi connectivity index (χ0v) is 17.7. The molecular weight excluding hydrogens is 358 g/mol. The van der Waals surface area contributed by atoms with E-state index in [-0.39, 0.29) is 11.5 Å². The van der Waals surface area contributed by atoms with Gasteiger partial charge in [0.2, 0.25) is 0 Å². The van der Waals surface area contributed by atoms with E-state index < -0.39 is 5.60 Å². The van der Waals surface area contributed by atoms with Crippen LogP contribution in [0.4, 0.5) is 4.79 Å². The van der Waals surface area contributed by atoms with Gasteiger partial charge in [-0.1, -0.05) is 73.7 Å². The number of nitrogens with zero attached hydrogens (tertiary/aromatic N) is 1. The molecule has 0 aliphatic carbocycles. The van der Waals surface area contributed by atoms with Crippen LogP contribution in [0, 0.1) is 5.41 Å². The van der Waals surface area contributed by atoms with Gasteiger partial charge >= 0.3 is 6.09 Å². The van der Waals surface area contributed by atoms with E-state index in [1.807, 2.05) is 87.5 Å². The highest BCUT2D eigenvalue weighted by atomic mass is 16.6. The van der Waals surface area contributed by atoms with E-state index in [0.717, 1.165) is 28.9 Å². The van der Waals surface area contributed by atoms with Gasteiger partial charge in [-0.3, -0.25) is 0 Å². The zero-order chi connectivity index (χ0) is 21.1. The molecule has 150 valence electrons. The standard InChI is InChI=1S/C26H29NO2/c1-6-17-26(5)18-22(20-13-9-7-10-14-20)27(24(28)29-25(2,3)4)23(19-26)21-15-11-8-12-16-21/h6-16,18-19H,1,17H2,2-5H3. The number of benzene rings is 2. The summed E-state index contributed by atoms with van der Waals surface area (Å²) in [5.74, 6) is 0. The lowest BCUT2D eigenvalue weighted by Crippen LogP contribution is -2.37. The number of amides is 1. The second-order valence-corrected chi connectivity index (χ2v) is 8.61. The summed E-state index contributed by atoms with van der Waals surface area (Å²) in [6.07, 6.45) is 6.58. The monoisotopic (exact) mass is 387 g/mol. The van der Waals surface area contributed by atoms with Gasteiger partial charge in [-0.25, -0.2) is 9.69 Å². The third-order valence-corrected chi connectivity index (χ3v) is 4.71. The molecule has 0 bridgehead atoms. The van der Waals surface area contributed by atoms with E-state index >= 15 is 0 Å². The third-order valence-electron chi connectivity index (χ3n) is 4.71. The van der Waals surface area contributed by atoms with Crippen molar-refractivity contribution in [2.45, 2.75) is 39.7 Å². The summed E-state index contributed by atoms with van der Waals surface area (Å²) in [5, 5.41) is 0. The Balaban J connectivity index is 2.20. The topological polar surface area (TPSA) is 29.5 Å². The largest absolute Gasteiger partial charge is 0.443 e. The molecule has 0 unspecified atom stereocenters. The Bertz CT molecular complexity index is 876. The van der Waals surface area contributed by atoms with Crippen LogP contribution in [0.2, 0.25) is 0 Å². The highest BCUT2D eigenvalue weighted by Crippen LogP contribution is 2.43. The van der Waals surface area contributed by atoms with Crippen LogP contribution in [0.15, 0.2) is 85.5 Å². The molecule has 1 amide bonds. The van der Waals surface area contributed by atoms with Gasteiger partial charge < -0.3 is 4.74 Å². The van der Waals surface area contributed by atoms with Crippen molar-refractivity contribution in [2.75, 3.05) is 0 Å². The molecule has 3 heteroatoms. The van der Waals surface area contributed by atoms with Crippen LogP contribution >= 0.6 is 0 Å². The van der Waals surface area contributed by atoms with Gasteiger partial charge in [0.25, 0.3) is 0 Å². The summed E-state index contributed by atoms with van der Waals surface area (Å²) >= 11 is 0. The van der Waals surface area contributed by atoms with Crippen molar-refractivity contribution < 1.29 is 9.53 Å². The fourth-order valence-corrected chi connectivity index (χ4v) is 3.50. The fraction of sp³-hybridized carbons (Fsp3) is 0.269. The van der Waals surface area contributed by atoms with Gasteiger partial charge in [0.05, 0.1) is 11.4 Å². The lowest BCUT2D eigenvalue weighted by atomic mass is 9.80. The minimum Gasteiger partial charge on any atom is -0.443 e. The molecule has 1 aliphatic heterocycles. The Labute approximate surface area is 174 Å². The molecule has 0 saturated heterocycles. The SMILES string of the molecule is C=CCC1(C)C=C(c2ccccc2)N(C(=O)OC(C)(C)C)C(c2ccccc2)=C1. The Morgan fingerprint density at radius 3 is 1.79 bits per heavy atom. The Hall–Kier alpha value is -3.07. The van der Waals surface area contributed by atoms with Crippen LogP contribution in [0.5, 0.6) is 0 Å². The van der Waals surface area contributed by atoms with E-state index in [2.05, 4.69) is 25.7 Å². The number of rotatable bonds is 4. The zero-order valence-electron chi connectivity index (χ0n) is 17.7. The first-order valence-corrected chi connectivity index (χ1v) is 9.93. The normalized spacial score (nSPS) is 15.9. The van der Waals surface area contributed by atoms with Crippen LogP contribution in [-0.4, -0.2) is 16.6 Å². The first-order valence-electron chi connectivity index (χ1n) is 9.93. The Kier molecular flexibility index (Phi) is 5.78. The first kappa shape index (κ1) is 20.7. The van der Waals surface area contributed by atoms with Crippen LogP contribution < -0.4 is 0 Å². The second-order valence-electron chi connectivity index (χ2n) is 8.61. The molecule has 0 spiro atoms. The summed E-state index contributed by atoms with van der Waals surface area (Å²) in [4.78, 5) is 15.0. The number of hydrogen-bond acceptors (Lipinski definition) is 2. The fourth-order valence-electron chi connectivity index (χ4n) is 3.50. The second kappa shape index (κ2) is 8.12. The molecular formula is C26H29NO2. The summed E-state index contributed by atoms with van der Waals surface area (Å²) < 4.78 is 5.79. The lowest BCUT2D eigenvalue weighted by Gasteiger charge is -2.38. The number of carbonyl (C=O) groups excluding carboxylic acids is 1. The van der Waals surface area contributed by atoms with Gasteiger partial charge in [0.1, 0.15) is 5.60 Å². The number of ether oxygens (including phenoxy) is 1. The van der Waals surface area contributed by atoms with Crippen LogP contribution in [0.25, 0.3) is 11.4 Å². The average molecular weight is 388 g/mol. The van der Waals surface area contributed by atoms with Crippen LogP contribution in [0.1, 0.15) is 45.2 Å². The van der Waals surface area contributed by atoms with Crippen LogP contribution in [-0.2, 0) is 4.74 Å². The third kappa shape index (κ3) is 4.86. The van der Waals surface area contributed by atoms with Gasteiger partial charge in [0, 0.05) is 5.41 Å². The molecule has 2 aromatic carbocycles. The molecule has 0 fully saturated rings. The predicted molar refractivity (Wildman–Crippen MR) is 120 cm³/mol. The molecule has 0 aromatic heterocycles. The summed E-state index contributed by atoms with van der Waals surface area (Å²) in [5.41, 5.74) is 2.72. The van der Waals surface area contributed by atoms with Crippen molar-refractivity contribution >= 4 is 17.5 Å². The van der Waals surface area contributed by atoms with E-state index in [1.165, 1.54) is 0 Å². The van der Waals surface area contributed by atoms with E-state index in [4.69, 9.17) is 4.74 Å². The number of carbonyl (C=O) groups is 1. The van der Waals surface area contributed by atoms with E-state index in [1.54, 1.807) is 4.90 Å². The molecule has 2 aromatic rings. The van der Waals surface area contributed by atoms with Crippen LogP contribution in [0.3, 0.4) is 0 Å². The minimum absolute atomic E-state index is 0.267. The Morgan fingerprint density at radius 2 is 1.41 bits per heavy atom. The van der Waals surface area contributed by atoms with Crippen molar-refractivity contribution in [3.8, 4) is 0 Å². The molecule has 0 atom stereocenters. The van der Waals surface area contributed by atoms with Crippen molar-refractivity contribution in [1.29, 1.82) is 0 Å². The van der Waals surface area contributed by atoms with Crippen molar-refractivity contribution in [1.82, 2.24) is 4.90 Å². The highest BCUT2D eigenvalue weighted by Gasteiger charge is 2.36. The van der Waals surface area contributed by atoms with Crippen molar-refractivity contribution in [2.24, 2.45) is 5.41 Å². The maximum atomic E-state index is 13.4. The van der Waals surface area contributed by atoms with E-state index in [0.29, 0.717) is 0 Å². The molecule has 1 aliphatic rings. The minimum atomic E-state index is -0.595. The average Bonchev–Trinajstić information content (AvgIpc) is 2.67. The molecule has 3 nitrogen and oxygen atoms in total. The van der Waals surface area contributed by atoms with Gasteiger partial charge in [-0.2, -0.15) is 0 Å². The highest BCUT2D eigenvalue weighted by molar-refractivity contribution is 5.95. The predicted octanol–water partition coefficient (Wildman–Crippen LogP) is 6.90. The molecule has 0 N–H and O–H groups in total. The molecule has 29 heavy (non-hydrogen) atoms. The molecule has 0 saturated carbocycles. The van der Waals surface area contributed by atoms with Crippen molar-refractivity contribution in [3.63, 3.8) is 0 Å². The van der Waals surface area contributed by atoms with E-state index in [9.17, 15) is 4.79 Å². The molecule has 1 heterocycles. The Morgan fingerprint density at radius 1 is 0.966 bits per heavy atom. The van der Waals surface area contributed by atoms with Gasteiger partial charge in [-0.05, 0) is 50.5 Å². The van der Waals surface area contributed by atoms with Gasteiger partial charge in [-0.15, -0.1) is 6.58 Å². The molecule has 3 rings (SSSR count). The summed E-state index contributed by atoms with van der Waals surface area (Å²) in [6.45, 7) is 11.7. The summed E-state index contributed by atoms with van der Waals surface area (Å²) in [6, 6.07) is 19.9. The maximum Gasteiger partial charge on any atom is 0.419 e. The van der Waals surface area contributed by atoms with Crippen molar-refractivity contribution in [3.05, 3.63) is 96.6 Å². The van der Waals surface area contributed by atoms with Gasteiger partial charge in [0.15, 0.2) is 0 Å². The summed E-state index contributed by atoms with van der Waals surface area (Å²) in [7, 11) is 0.